The molecule has 0 radical (unpaired) electrons. The number of alkyl halides is 2. The molecule has 0 bridgehead atoms. The Labute approximate surface area is 228 Å². The summed E-state index contributed by atoms with van der Waals surface area (Å²) in [5.74, 6) is 1.72. The molecule has 39 heavy (non-hydrogen) atoms. The molecule has 1 saturated carbocycles. The third-order valence-corrected chi connectivity index (χ3v) is 7.83. The number of hydrogen-bond acceptors (Lipinski definition) is 8. The van der Waals surface area contributed by atoms with Crippen molar-refractivity contribution in [1.82, 2.24) is 24.4 Å². The second kappa shape index (κ2) is 13.0. The summed E-state index contributed by atoms with van der Waals surface area (Å²) in [4.78, 5) is 18.3. The molecule has 0 amide bonds. The number of nitrogens with one attached hydrogen (secondary N) is 1. The maximum absolute atomic E-state index is 14.1. The van der Waals surface area contributed by atoms with Crippen molar-refractivity contribution >= 4 is 22.8 Å². The van der Waals surface area contributed by atoms with Gasteiger partial charge in [0, 0.05) is 44.9 Å². The highest BCUT2D eigenvalue weighted by atomic mass is 19.3. The van der Waals surface area contributed by atoms with Crippen LogP contribution in [-0.2, 0) is 9.47 Å². The highest BCUT2D eigenvalue weighted by molar-refractivity contribution is 5.78. The van der Waals surface area contributed by atoms with E-state index in [2.05, 4.69) is 27.1 Å². The minimum absolute atomic E-state index is 0.319. The third-order valence-electron chi connectivity index (χ3n) is 7.83. The summed E-state index contributed by atoms with van der Waals surface area (Å²) in [5, 5.41) is 3.44. The van der Waals surface area contributed by atoms with Crippen molar-refractivity contribution in [3.05, 3.63) is 36.2 Å². The van der Waals surface area contributed by atoms with Gasteiger partial charge in [-0.1, -0.05) is 12.1 Å². The van der Waals surface area contributed by atoms with Crippen LogP contribution in [0.3, 0.4) is 0 Å². The maximum Gasteiger partial charge on any atom is 0.296 e. The lowest BCUT2D eigenvalue weighted by molar-refractivity contribution is 0.0923. The Morgan fingerprint density at radius 1 is 1.08 bits per heavy atom. The number of anilines is 2. The lowest BCUT2D eigenvalue weighted by Gasteiger charge is -2.34. The van der Waals surface area contributed by atoms with Crippen molar-refractivity contribution in [3.8, 4) is 5.82 Å². The molecule has 9 nitrogen and oxygen atoms in total. The number of likely N-dealkylation sites (N-methyl/N-ethyl adjacent to an activating group) is 1. The molecule has 1 aromatic carbocycles. The summed E-state index contributed by atoms with van der Waals surface area (Å²) in [6.45, 7) is 7.81. The first-order valence-corrected chi connectivity index (χ1v) is 14.0. The van der Waals surface area contributed by atoms with E-state index in [9.17, 15) is 8.78 Å². The largest absolute Gasteiger partial charge is 0.380 e. The summed E-state index contributed by atoms with van der Waals surface area (Å²) in [5.41, 5.74) is 1.11. The SMILES string of the molecule is CCOCCN(C)C1CCC(CNc2nc(N3CCOCC3)cc(-n3c(C(F)F)nc4ccccc43)n2)CC1. The average Bonchev–Trinajstić information content (AvgIpc) is 3.37. The van der Waals surface area contributed by atoms with Crippen molar-refractivity contribution in [1.29, 1.82) is 0 Å². The van der Waals surface area contributed by atoms with Crippen LogP contribution in [0.5, 0.6) is 0 Å². The summed E-state index contributed by atoms with van der Waals surface area (Å²) < 4.78 is 40.7. The van der Waals surface area contributed by atoms with Gasteiger partial charge >= 0.3 is 0 Å². The van der Waals surface area contributed by atoms with Gasteiger partial charge in [0.1, 0.15) is 11.6 Å². The zero-order valence-electron chi connectivity index (χ0n) is 22.9. The highest BCUT2D eigenvalue weighted by Gasteiger charge is 2.26. The summed E-state index contributed by atoms with van der Waals surface area (Å²) in [6.07, 6.45) is 1.79. The van der Waals surface area contributed by atoms with E-state index in [1.54, 1.807) is 24.3 Å². The van der Waals surface area contributed by atoms with E-state index >= 15 is 0 Å². The van der Waals surface area contributed by atoms with Crippen LogP contribution in [0.4, 0.5) is 20.5 Å². The number of hydrogen-bond donors (Lipinski definition) is 1. The average molecular weight is 544 g/mol. The van der Waals surface area contributed by atoms with Crippen molar-refractivity contribution in [2.75, 3.05) is 69.9 Å². The number of para-hydroxylation sites is 2. The van der Waals surface area contributed by atoms with Gasteiger partial charge in [-0.3, -0.25) is 4.57 Å². The van der Waals surface area contributed by atoms with Crippen LogP contribution in [0.1, 0.15) is 44.9 Å². The first-order valence-electron chi connectivity index (χ1n) is 14.0. The van der Waals surface area contributed by atoms with E-state index < -0.39 is 6.43 Å². The molecular formula is C28H39F2N7O2. The molecule has 2 fully saturated rings. The molecule has 1 aliphatic carbocycles. The van der Waals surface area contributed by atoms with Crippen LogP contribution in [-0.4, -0.2) is 90.1 Å². The fraction of sp³-hybridized carbons (Fsp3) is 0.607. The molecule has 2 aromatic heterocycles. The molecule has 0 atom stereocenters. The number of ether oxygens (including phenoxy) is 2. The maximum atomic E-state index is 14.1. The normalized spacial score (nSPS) is 20.3. The molecule has 212 valence electrons. The quantitative estimate of drug-likeness (QED) is 0.354. The predicted octanol–water partition coefficient (Wildman–Crippen LogP) is 4.53. The molecule has 1 saturated heterocycles. The Bertz CT molecular complexity index is 1210. The molecule has 1 N–H and O–H groups in total. The predicted molar refractivity (Wildman–Crippen MR) is 148 cm³/mol. The standard InChI is InChI=1S/C28H39F2N7O2/c1-3-38-15-12-35(2)21-10-8-20(9-11-21)19-31-28-33-24(36-13-16-39-17-14-36)18-25(34-28)37-23-7-5-4-6-22(23)32-27(37)26(29)30/h4-7,18,20-21,26H,3,8-17,19H2,1-2H3,(H,31,33,34). The van der Waals surface area contributed by atoms with Crippen LogP contribution in [0, 0.1) is 5.92 Å². The number of rotatable bonds is 11. The first-order chi connectivity index (χ1) is 19.0. The minimum Gasteiger partial charge on any atom is -0.380 e. The van der Waals surface area contributed by atoms with Crippen LogP contribution in [0.2, 0.25) is 0 Å². The van der Waals surface area contributed by atoms with E-state index in [0.717, 1.165) is 52.0 Å². The van der Waals surface area contributed by atoms with Gasteiger partial charge in [-0.2, -0.15) is 9.97 Å². The molecule has 0 spiro atoms. The number of fused-ring (bicyclic) bond motifs is 1. The minimum atomic E-state index is -2.74. The van der Waals surface area contributed by atoms with Crippen molar-refractivity contribution in [2.24, 2.45) is 5.92 Å². The summed E-state index contributed by atoms with van der Waals surface area (Å²) in [7, 11) is 2.18. The Kier molecular flexibility index (Phi) is 9.21. The topological polar surface area (TPSA) is 80.6 Å². The van der Waals surface area contributed by atoms with Crippen molar-refractivity contribution in [3.63, 3.8) is 0 Å². The van der Waals surface area contributed by atoms with Gasteiger partial charge < -0.3 is 24.6 Å². The fourth-order valence-corrected chi connectivity index (χ4v) is 5.56. The number of imidazole rings is 1. The molecule has 3 aromatic rings. The van der Waals surface area contributed by atoms with Gasteiger partial charge in [-0.25, -0.2) is 13.8 Å². The van der Waals surface area contributed by atoms with E-state index in [1.165, 1.54) is 4.57 Å². The molecule has 3 heterocycles. The Morgan fingerprint density at radius 2 is 1.82 bits per heavy atom. The van der Waals surface area contributed by atoms with Gasteiger partial charge in [0.15, 0.2) is 5.82 Å². The van der Waals surface area contributed by atoms with E-state index in [-0.39, 0.29) is 5.82 Å². The van der Waals surface area contributed by atoms with Gasteiger partial charge in [-0.05, 0) is 57.7 Å². The first kappa shape index (κ1) is 27.7. The lowest BCUT2D eigenvalue weighted by Crippen LogP contribution is -2.38. The summed E-state index contributed by atoms with van der Waals surface area (Å²) >= 11 is 0. The number of benzene rings is 1. The van der Waals surface area contributed by atoms with Crippen molar-refractivity contribution in [2.45, 2.75) is 45.1 Å². The van der Waals surface area contributed by atoms with Gasteiger partial charge in [0.2, 0.25) is 5.95 Å². The van der Waals surface area contributed by atoms with E-state index in [0.29, 0.717) is 66.9 Å². The molecule has 5 rings (SSSR count). The Hall–Kier alpha value is -2.89. The Balaban J connectivity index is 1.34. The second-order valence-electron chi connectivity index (χ2n) is 10.3. The van der Waals surface area contributed by atoms with Crippen molar-refractivity contribution < 1.29 is 18.3 Å². The van der Waals surface area contributed by atoms with Gasteiger partial charge in [0.05, 0.1) is 30.9 Å². The molecule has 1 aliphatic heterocycles. The van der Waals surface area contributed by atoms with E-state index in [1.807, 2.05) is 13.0 Å². The van der Waals surface area contributed by atoms with Crippen LogP contribution in [0.15, 0.2) is 30.3 Å². The lowest BCUT2D eigenvalue weighted by atomic mass is 9.85. The fourth-order valence-electron chi connectivity index (χ4n) is 5.56. The smallest absolute Gasteiger partial charge is 0.296 e. The number of nitrogens with zero attached hydrogens (tertiary/aromatic N) is 6. The number of morpholine rings is 1. The van der Waals surface area contributed by atoms with E-state index in [4.69, 9.17) is 19.4 Å². The summed E-state index contributed by atoms with van der Waals surface area (Å²) in [6, 6.07) is 9.51. The number of aromatic nitrogens is 4. The monoisotopic (exact) mass is 543 g/mol. The van der Waals surface area contributed by atoms with Crippen LogP contribution < -0.4 is 10.2 Å². The van der Waals surface area contributed by atoms with Gasteiger partial charge in [-0.15, -0.1) is 0 Å². The zero-order chi connectivity index (χ0) is 27.2. The Morgan fingerprint density at radius 3 is 2.56 bits per heavy atom. The number of halogens is 2. The molecular weight excluding hydrogens is 504 g/mol. The second-order valence-corrected chi connectivity index (χ2v) is 10.3. The highest BCUT2D eigenvalue weighted by Crippen LogP contribution is 2.30. The van der Waals surface area contributed by atoms with Crippen LogP contribution >= 0.6 is 0 Å². The van der Waals surface area contributed by atoms with Gasteiger partial charge in [0.25, 0.3) is 6.43 Å². The molecule has 11 heteroatoms. The third kappa shape index (κ3) is 6.64. The zero-order valence-corrected chi connectivity index (χ0v) is 22.9. The van der Waals surface area contributed by atoms with Crippen LogP contribution in [0.25, 0.3) is 16.9 Å². The molecule has 0 unspecified atom stereocenters. The molecule has 2 aliphatic rings.